The second kappa shape index (κ2) is 10.8. The Balaban J connectivity index is 1.97. The predicted octanol–water partition coefficient (Wildman–Crippen LogP) is 4.43. The lowest BCUT2D eigenvalue weighted by atomic mass is 10.1. The highest BCUT2D eigenvalue weighted by molar-refractivity contribution is 6.02. The number of methoxy groups -OCH3 is 1. The molecular formula is C25H26N4O2. The number of nitrogens with one attached hydrogen (secondary N) is 1. The van der Waals surface area contributed by atoms with Crippen LogP contribution in [-0.2, 0) is 11.3 Å². The zero-order chi connectivity index (χ0) is 22.1. The van der Waals surface area contributed by atoms with Crippen LogP contribution >= 0.6 is 0 Å². The number of carbonyl (C=O) groups excluding carboxylic acids is 1. The summed E-state index contributed by atoms with van der Waals surface area (Å²) in [6, 6.07) is 19.6. The minimum absolute atomic E-state index is 0.0603. The zero-order valence-electron chi connectivity index (χ0n) is 17.8. The number of nitrogens with zero attached hydrogens (tertiary/aromatic N) is 3. The van der Waals surface area contributed by atoms with Crippen molar-refractivity contribution < 1.29 is 9.53 Å². The molecule has 3 rings (SSSR count). The van der Waals surface area contributed by atoms with Crippen LogP contribution in [0.4, 0.5) is 0 Å². The summed E-state index contributed by atoms with van der Waals surface area (Å²) in [6.45, 7) is 3.19. The molecule has 0 saturated heterocycles. The van der Waals surface area contributed by atoms with Crippen molar-refractivity contribution in [3.05, 3.63) is 77.5 Å². The minimum atomic E-state index is -0.368. The van der Waals surface area contributed by atoms with Crippen molar-refractivity contribution in [2.45, 2.75) is 26.3 Å². The lowest BCUT2D eigenvalue weighted by Gasteiger charge is -2.04. The van der Waals surface area contributed by atoms with Gasteiger partial charge in [0, 0.05) is 23.9 Å². The number of rotatable bonds is 9. The number of hydrogen-bond donors (Lipinski definition) is 1. The van der Waals surface area contributed by atoms with Gasteiger partial charge in [-0.3, -0.25) is 9.48 Å². The van der Waals surface area contributed by atoms with E-state index >= 15 is 0 Å². The first kappa shape index (κ1) is 21.8. The third-order valence-electron chi connectivity index (χ3n) is 4.82. The molecule has 0 saturated carbocycles. The molecule has 1 N–H and O–H groups in total. The van der Waals surface area contributed by atoms with E-state index in [-0.39, 0.29) is 11.5 Å². The van der Waals surface area contributed by atoms with E-state index in [1.807, 2.05) is 71.5 Å². The van der Waals surface area contributed by atoms with Crippen LogP contribution in [0.5, 0.6) is 5.75 Å². The number of benzene rings is 2. The first-order valence-corrected chi connectivity index (χ1v) is 10.3. The van der Waals surface area contributed by atoms with E-state index in [1.54, 1.807) is 13.2 Å². The zero-order valence-corrected chi connectivity index (χ0v) is 17.8. The second-order valence-corrected chi connectivity index (χ2v) is 7.12. The van der Waals surface area contributed by atoms with Gasteiger partial charge in [0.05, 0.1) is 19.3 Å². The van der Waals surface area contributed by atoms with Gasteiger partial charge in [0.1, 0.15) is 17.4 Å². The molecule has 6 nitrogen and oxygen atoms in total. The molecule has 0 fully saturated rings. The molecular weight excluding hydrogens is 388 g/mol. The fourth-order valence-corrected chi connectivity index (χ4v) is 3.15. The van der Waals surface area contributed by atoms with E-state index in [2.05, 4.69) is 12.2 Å². The number of nitriles is 1. The SMILES string of the molecule is CCCCNC(=O)/C(C#N)=C/c1cn(Cc2ccccc2)nc1-c1ccc(OC)cc1. The molecule has 0 aliphatic heterocycles. The molecule has 0 atom stereocenters. The molecule has 0 spiro atoms. The van der Waals surface area contributed by atoms with Crippen molar-refractivity contribution in [1.82, 2.24) is 15.1 Å². The molecule has 0 aliphatic carbocycles. The quantitative estimate of drug-likeness (QED) is 0.319. The molecule has 6 heteroatoms. The highest BCUT2D eigenvalue weighted by atomic mass is 16.5. The van der Waals surface area contributed by atoms with Crippen LogP contribution in [0.3, 0.4) is 0 Å². The van der Waals surface area contributed by atoms with Crippen LogP contribution in [0.2, 0.25) is 0 Å². The van der Waals surface area contributed by atoms with E-state index in [1.165, 1.54) is 0 Å². The van der Waals surface area contributed by atoms with Gasteiger partial charge < -0.3 is 10.1 Å². The molecule has 1 aromatic heterocycles. The molecule has 31 heavy (non-hydrogen) atoms. The molecule has 0 radical (unpaired) electrons. The van der Waals surface area contributed by atoms with Crippen LogP contribution in [0.1, 0.15) is 30.9 Å². The van der Waals surface area contributed by atoms with E-state index in [0.717, 1.165) is 29.7 Å². The first-order valence-electron chi connectivity index (χ1n) is 10.3. The average Bonchev–Trinajstić information content (AvgIpc) is 3.20. The van der Waals surface area contributed by atoms with Crippen molar-refractivity contribution in [2.75, 3.05) is 13.7 Å². The molecule has 3 aromatic rings. The summed E-state index contributed by atoms with van der Waals surface area (Å²) >= 11 is 0. The van der Waals surface area contributed by atoms with Gasteiger partial charge in [-0.15, -0.1) is 0 Å². The molecule has 1 heterocycles. The Hall–Kier alpha value is -3.85. The van der Waals surface area contributed by atoms with Crippen molar-refractivity contribution in [3.8, 4) is 23.1 Å². The number of carbonyl (C=O) groups is 1. The Bertz CT molecular complexity index is 1080. The largest absolute Gasteiger partial charge is 0.497 e. The maximum absolute atomic E-state index is 12.4. The highest BCUT2D eigenvalue weighted by Gasteiger charge is 2.14. The van der Waals surface area contributed by atoms with Crippen LogP contribution in [0.15, 0.2) is 66.4 Å². The molecule has 2 aromatic carbocycles. The number of amides is 1. The fraction of sp³-hybridized carbons (Fsp3) is 0.240. The molecule has 158 valence electrons. The van der Waals surface area contributed by atoms with Crippen LogP contribution in [0.25, 0.3) is 17.3 Å². The number of aromatic nitrogens is 2. The Labute approximate surface area is 182 Å². The summed E-state index contributed by atoms with van der Waals surface area (Å²) < 4.78 is 7.07. The van der Waals surface area contributed by atoms with Gasteiger partial charge in [-0.1, -0.05) is 43.7 Å². The van der Waals surface area contributed by atoms with E-state index in [4.69, 9.17) is 9.84 Å². The van der Waals surface area contributed by atoms with Crippen LogP contribution in [0, 0.1) is 11.3 Å². The van der Waals surface area contributed by atoms with E-state index in [9.17, 15) is 10.1 Å². The Morgan fingerprint density at radius 1 is 1.19 bits per heavy atom. The number of hydrogen-bond acceptors (Lipinski definition) is 4. The third kappa shape index (κ3) is 5.83. The van der Waals surface area contributed by atoms with E-state index < -0.39 is 0 Å². The van der Waals surface area contributed by atoms with Crippen molar-refractivity contribution >= 4 is 12.0 Å². The minimum Gasteiger partial charge on any atom is -0.497 e. The standard InChI is InChI=1S/C25H26N4O2/c1-3-4-14-27-25(30)21(16-26)15-22-18-29(17-19-8-6-5-7-9-19)28-24(22)20-10-12-23(31-2)13-11-20/h5-13,15,18H,3-4,14,17H2,1-2H3,(H,27,30)/b21-15+. The Kier molecular flexibility index (Phi) is 7.61. The molecule has 0 unspecified atom stereocenters. The van der Waals surface area contributed by atoms with Crippen molar-refractivity contribution in [3.63, 3.8) is 0 Å². The highest BCUT2D eigenvalue weighted by Crippen LogP contribution is 2.26. The summed E-state index contributed by atoms with van der Waals surface area (Å²) in [5.74, 6) is 0.380. The Morgan fingerprint density at radius 2 is 1.94 bits per heavy atom. The second-order valence-electron chi connectivity index (χ2n) is 7.12. The number of unbranched alkanes of at least 4 members (excludes halogenated alkanes) is 1. The number of ether oxygens (including phenoxy) is 1. The van der Waals surface area contributed by atoms with Gasteiger partial charge in [0.15, 0.2) is 0 Å². The fourth-order valence-electron chi connectivity index (χ4n) is 3.15. The van der Waals surface area contributed by atoms with Gasteiger partial charge >= 0.3 is 0 Å². The van der Waals surface area contributed by atoms with Gasteiger partial charge in [-0.25, -0.2) is 0 Å². The summed E-state index contributed by atoms with van der Waals surface area (Å²) in [5.41, 5.74) is 3.46. The van der Waals surface area contributed by atoms with Crippen molar-refractivity contribution in [1.29, 1.82) is 5.26 Å². The summed E-state index contributed by atoms with van der Waals surface area (Å²) in [4.78, 5) is 12.4. The molecule has 1 amide bonds. The van der Waals surface area contributed by atoms with Crippen LogP contribution in [-0.4, -0.2) is 29.3 Å². The average molecular weight is 415 g/mol. The van der Waals surface area contributed by atoms with E-state index in [0.29, 0.717) is 24.3 Å². The summed E-state index contributed by atoms with van der Waals surface area (Å²) in [6.07, 6.45) is 5.31. The summed E-state index contributed by atoms with van der Waals surface area (Å²) in [7, 11) is 1.62. The first-order chi connectivity index (χ1) is 15.1. The van der Waals surface area contributed by atoms with Gasteiger partial charge in [-0.05, 0) is 42.3 Å². The van der Waals surface area contributed by atoms with Crippen LogP contribution < -0.4 is 10.1 Å². The lowest BCUT2D eigenvalue weighted by molar-refractivity contribution is -0.117. The predicted molar refractivity (Wildman–Crippen MR) is 121 cm³/mol. The van der Waals surface area contributed by atoms with Gasteiger partial charge in [0.2, 0.25) is 0 Å². The lowest BCUT2D eigenvalue weighted by Crippen LogP contribution is -2.25. The maximum atomic E-state index is 12.4. The third-order valence-corrected chi connectivity index (χ3v) is 4.82. The molecule has 0 aliphatic rings. The van der Waals surface area contributed by atoms with Gasteiger partial charge in [-0.2, -0.15) is 10.4 Å². The summed E-state index contributed by atoms with van der Waals surface area (Å²) in [5, 5.41) is 17.1. The smallest absolute Gasteiger partial charge is 0.261 e. The monoisotopic (exact) mass is 414 g/mol. The van der Waals surface area contributed by atoms with Crippen molar-refractivity contribution in [2.24, 2.45) is 0 Å². The Morgan fingerprint density at radius 3 is 2.58 bits per heavy atom. The topological polar surface area (TPSA) is 79.9 Å². The normalized spacial score (nSPS) is 11.1. The maximum Gasteiger partial charge on any atom is 0.261 e. The molecule has 0 bridgehead atoms. The van der Waals surface area contributed by atoms with Gasteiger partial charge in [0.25, 0.3) is 5.91 Å².